The average Bonchev–Trinajstić information content (AvgIpc) is 2.54. The average molecular weight is 487 g/mol. The lowest BCUT2D eigenvalue weighted by Crippen LogP contribution is -2.25. The summed E-state index contributed by atoms with van der Waals surface area (Å²) < 4.78 is 124. The normalized spacial score (nSPS) is 14.6. The molecule has 6 nitrogen and oxygen atoms in total. The van der Waals surface area contributed by atoms with Crippen LogP contribution in [0.5, 0.6) is 17.2 Å². The van der Waals surface area contributed by atoms with E-state index < -0.39 is 66.1 Å². The zero-order valence-electron chi connectivity index (χ0n) is 16.2. The Bertz CT molecular complexity index is 740. The number of benzene rings is 1. The molecule has 0 heterocycles. The van der Waals surface area contributed by atoms with Gasteiger partial charge in [0.25, 0.3) is 0 Å². The number of halogens is 9. The number of ether oxygens (including phenoxy) is 3. The van der Waals surface area contributed by atoms with Gasteiger partial charge < -0.3 is 25.1 Å². The van der Waals surface area contributed by atoms with Crippen molar-refractivity contribution in [1.29, 1.82) is 0 Å². The largest absolute Gasteiger partial charge is 0.573 e. The quantitative estimate of drug-likeness (QED) is 0.452. The number of carboxylic acid groups (broad SMARTS) is 1. The van der Waals surface area contributed by atoms with Gasteiger partial charge in [-0.15, -0.1) is 39.5 Å². The summed E-state index contributed by atoms with van der Waals surface area (Å²) in [5.74, 6) is -7.01. The molecule has 3 N–H and O–H groups in total. The highest BCUT2D eigenvalue weighted by molar-refractivity contribution is 5.70. The Labute approximate surface area is 175 Å². The van der Waals surface area contributed by atoms with Gasteiger partial charge in [-0.25, -0.2) is 0 Å². The Morgan fingerprint density at radius 1 is 0.938 bits per heavy atom. The van der Waals surface area contributed by atoms with Gasteiger partial charge in [-0.3, -0.25) is 4.79 Å². The molecule has 1 rings (SSSR count). The summed E-state index contributed by atoms with van der Waals surface area (Å²) in [4.78, 5) is 11.0. The molecule has 0 saturated heterocycles. The Balaban J connectivity index is 3.35. The molecular formula is C17H18F9NO5. The lowest BCUT2D eigenvalue weighted by Gasteiger charge is -2.21. The molecule has 0 aromatic heterocycles. The minimum Gasteiger partial charge on any atom is -0.481 e. The summed E-state index contributed by atoms with van der Waals surface area (Å²) in [5.41, 5.74) is 4.47. The maximum Gasteiger partial charge on any atom is 0.573 e. The molecule has 1 aromatic carbocycles. The number of rotatable bonds is 10. The number of aliphatic carboxylic acids is 1. The molecule has 0 saturated carbocycles. The fraction of sp³-hybridized carbons (Fsp3) is 0.588. The van der Waals surface area contributed by atoms with Gasteiger partial charge in [0, 0.05) is 24.2 Å². The Morgan fingerprint density at radius 2 is 1.38 bits per heavy atom. The van der Waals surface area contributed by atoms with E-state index in [0.717, 1.165) is 0 Å². The highest BCUT2D eigenvalue weighted by atomic mass is 19.4. The van der Waals surface area contributed by atoms with Gasteiger partial charge >= 0.3 is 25.1 Å². The van der Waals surface area contributed by atoms with Crippen molar-refractivity contribution in [3.63, 3.8) is 0 Å². The third-order valence-electron chi connectivity index (χ3n) is 4.03. The van der Waals surface area contributed by atoms with E-state index in [0.29, 0.717) is 0 Å². The lowest BCUT2D eigenvalue weighted by molar-refractivity contribution is -0.278. The predicted octanol–water partition coefficient (Wildman–Crippen LogP) is 5.00. The molecule has 0 aliphatic carbocycles. The van der Waals surface area contributed by atoms with Crippen molar-refractivity contribution in [3.8, 4) is 17.2 Å². The third-order valence-corrected chi connectivity index (χ3v) is 4.03. The van der Waals surface area contributed by atoms with E-state index in [9.17, 15) is 44.3 Å². The SMILES string of the molecule is CC(CCc1c(OC(F)(F)F)cc(OC(F)(F)F)cc1OC(F)(F)F)CC(CN)C(=O)O. The topological polar surface area (TPSA) is 91.0 Å². The monoisotopic (exact) mass is 487 g/mol. The number of hydrogen-bond acceptors (Lipinski definition) is 5. The van der Waals surface area contributed by atoms with E-state index in [1.165, 1.54) is 6.92 Å². The van der Waals surface area contributed by atoms with Crippen LogP contribution in [0.15, 0.2) is 12.1 Å². The first-order valence-electron chi connectivity index (χ1n) is 8.77. The maximum absolute atomic E-state index is 12.7. The van der Waals surface area contributed by atoms with Crippen LogP contribution in [0, 0.1) is 11.8 Å². The van der Waals surface area contributed by atoms with Crippen molar-refractivity contribution < 1.29 is 63.6 Å². The van der Waals surface area contributed by atoms with Crippen LogP contribution in [0.3, 0.4) is 0 Å². The molecule has 15 heteroatoms. The van der Waals surface area contributed by atoms with Gasteiger partial charge in [0.2, 0.25) is 0 Å². The van der Waals surface area contributed by atoms with Crippen molar-refractivity contribution in [1.82, 2.24) is 0 Å². The molecule has 0 bridgehead atoms. The molecule has 0 aliphatic rings. The summed E-state index contributed by atoms with van der Waals surface area (Å²) >= 11 is 0. The Hall–Kier alpha value is -2.58. The van der Waals surface area contributed by atoms with Crippen LogP contribution in [0.1, 0.15) is 25.3 Å². The van der Waals surface area contributed by atoms with E-state index in [1.807, 2.05) is 0 Å². The standard InChI is InChI=1S/C17H18F9NO5/c1-8(4-9(7-27)14(28)29)2-3-11-12(31-16(21,22)23)5-10(30-15(18,19)20)6-13(11)32-17(24,25)26/h5-6,8-9H,2-4,7,27H2,1H3,(H,28,29). The van der Waals surface area contributed by atoms with E-state index in [-0.39, 0.29) is 31.5 Å². The van der Waals surface area contributed by atoms with Crippen molar-refractivity contribution in [3.05, 3.63) is 17.7 Å². The first kappa shape index (κ1) is 27.5. The first-order chi connectivity index (χ1) is 14.4. The fourth-order valence-corrected chi connectivity index (χ4v) is 2.76. The van der Waals surface area contributed by atoms with Gasteiger partial charge in [0.15, 0.2) is 0 Å². The van der Waals surface area contributed by atoms with Crippen LogP contribution < -0.4 is 19.9 Å². The van der Waals surface area contributed by atoms with Crippen molar-refractivity contribution in [2.24, 2.45) is 17.6 Å². The summed E-state index contributed by atoms with van der Waals surface area (Å²) in [5, 5.41) is 9.00. The number of carbonyl (C=O) groups is 1. The number of hydrogen-bond donors (Lipinski definition) is 2. The van der Waals surface area contributed by atoms with Crippen LogP contribution in [0.4, 0.5) is 39.5 Å². The molecule has 0 aliphatic heterocycles. The first-order valence-corrected chi connectivity index (χ1v) is 8.77. The molecule has 32 heavy (non-hydrogen) atoms. The summed E-state index contributed by atoms with van der Waals surface area (Å²) in [6, 6.07) is 0.258. The van der Waals surface area contributed by atoms with Gasteiger partial charge in [0.1, 0.15) is 17.2 Å². The van der Waals surface area contributed by atoms with Gasteiger partial charge in [-0.1, -0.05) is 6.92 Å². The molecular weight excluding hydrogens is 469 g/mol. The van der Waals surface area contributed by atoms with E-state index in [4.69, 9.17) is 10.8 Å². The van der Waals surface area contributed by atoms with Gasteiger partial charge in [0.05, 0.1) is 5.92 Å². The van der Waals surface area contributed by atoms with Crippen molar-refractivity contribution in [2.45, 2.75) is 45.3 Å². The van der Waals surface area contributed by atoms with Gasteiger partial charge in [-0.05, 0) is 25.2 Å². The van der Waals surface area contributed by atoms with Crippen LogP contribution in [-0.2, 0) is 11.2 Å². The molecule has 0 radical (unpaired) electrons. The van der Waals surface area contributed by atoms with E-state index >= 15 is 0 Å². The van der Waals surface area contributed by atoms with Crippen molar-refractivity contribution >= 4 is 5.97 Å². The molecule has 0 spiro atoms. The molecule has 0 amide bonds. The van der Waals surface area contributed by atoms with E-state index in [2.05, 4.69) is 14.2 Å². The fourth-order valence-electron chi connectivity index (χ4n) is 2.76. The number of nitrogens with two attached hydrogens (primary N) is 1. The Morgan fingerprint density at radius 3 is 1.72 bits per heavy atom. The highest BCUT2D eigenvalue weighted by Crippen LogP contribution is 2.41. The van der Waals surface area contributed by atoms with Crippen molar-refractivity contribution in [2.75, 3.05) is 6.54 Å². The van der Waals surface area contributed by atoms with Crippen LogP contribution in [-0.4, -0.2) is 36.7 Å². The van der Waals surface area contributed by atoms with Crippen LogP contribution in [0.25, 0.3) is 0 Å². The number of alkyl halides is 9. The molecule has 2 unspecified atom stereocenters. The summed E-state index contributed by atoms with van der Waals surface area (Å²) in [7, 11) is 0. The minimum absolute atomic E-state index is 0.0496. The zero-order valence-corrected chi connectivity index (χ0v) is 16.2. The second-order valence-electron chi connectivity index (χ2n) is 6.69. The predicted molar refractivity (Wildman–Crippen MR) is 88.8 cm³/mol. The van der Waals surface area contributed by atoms with Gasteiger partial charge in [-0.2, -0.15) is 0 Å². The molecule has 0 fully saturated rings. The smallest absolute Gasteiger partial charge is 0.481 e. The second kappa shape index (κ2) is 10.4. The van der Waals surface area contributed by atoms with Crippen LogP contribution in [0.2, 0.25) is 0 Å². The highest BCUT2D eigenvalue weighted by Gasteiger charge is 2.38. The molecule has 2 atom stereocenters. The zero-order chi connectivity index (χ0) is 24.9. The Kier molecular flexibility index (Phi) is 8.89. The van der Waals surface area contributed by atoms with Crippen LogP contribution >= 0.6 is 0 Å². The molecule has 1 aromatic rings. The summed E-state index contributed by atoms with van der Waals surface area (Å²) in [6.45, 7) is 1.22. The second-order valence-corrected chi connectivity index (χ2v) is 6.69. The summed E-state index contributed by atoms with van der Waals surface area (Å²) in [6.07, 6.45) is -17.1. The van der Waals surface area contributed by atoms with E-state index in [1.54, 1.807) is 0 Å². The number of carboxylic acids is 1. The third kappa shape index (κ3) is 10.2. The molecule has 184 valence electrons. The maximum atomic E-state index is 12.7. The lowest BCUT2D eigenvalue weighted by atomic mass is 9.90. The minimum atomic E-state index is -5.46.